The fourth-order valence-electron chi connectivity index (χ4n) is 8.60. The van der Waals surface area contributed by atoms with Crippen LogP contribution in [0.5, 0.6) is 0 Å². The summed E-state index contributed by atoms with van der Waals surface area (Å²) in [6, 6.07) is 31.9. The molecule has 0 amide bonds. The van der Waals surface area contributed by atoms with Crippen LogP contribution in [-0.4, -0.2) is 8.07 Å². The molecular formula is C40H44Si. The molecule has 0 radical (unpaired) electrons. The van der Waals surface area contributed by atoms with Crippen molar-refractivity contribution < 1.29 is 0 Å². The van der Waals surface area contributed by atoms with E-state index in [4.69, 9.17) is 0 Å². The molecule has 1 heteroatoms. The maximum Gasteiger partial charge on any atom is 0.120 e. The van der Waals surface area contributed by atoms with Gasteiger partial charge in [-0.2, -0.15) is 0 Å². The Morgan fingerprint density at radius 2 is 0.902 bits per heavy atom. The highest BCUT2D eigenvalue weighted by molar-refractivity contribution is 6.98. The number of benzene rings is 4. The first-order valence-electron chi connectivity index (χ1n) is 15.2. The lowest BCUT2D eigenvalue weighted by Gasteiger charge is -2.54. The normalized spacial score (nSPS) is 14.9. The molecule has 0 heterocycles. The first kappa shape index (κ1) is 27.7. The van der Waals surface area contributed by atoms with E-state index in [9.17, 15) is 0 Å². The Hall–Kier alpha value is -3.42. The van der Waals surface area contributed by atoms with Gasteiger partial charge in [0.2, 0.25) is 0 Å². The summed E-state index contributed by atoms with van der Waals surface area (Å²) < 4.78 is 0. The van der Waals surface area contributed by atoms with E-state index < -0.39 is 8.07 Å². The zero-order valence-corrected chi connectivity index (χ0v) is 27.2. The molecule has 41 heavy (non-hydrogen) atoms. The Labute approximate surface area is 248 Å². The van der Waals surface area contributed by atoms with Gasteiger partial charge in [0.1, 0.15) is 8.07 Å². The van der Waals surface area contributed by atoms with E-state index in [1.54, 1.807) is 10.4 Å². The summed E-state index contributed by atoms with van der Waals surface area (Å²) in [5.74, 6) is 0. The monoisotopic (exact) mass is 552 g/mol. The van der Waals surface area contributed by atoms with Crippen LogP contribution in [0.4, 0.5) is 0 Å². The maximum atomic E-state index is 2.64. The van der Waals surface area contributed by atoms with Gasteiger partial charge in [0.25, 0.3) is 0 Å². The molecule has 2 aliphatic rings. The molecule has 0 unspecified atom stereocenters. The molecule has 4 aromatic rings. The molecule has 6 rings (SSSR count). The van der Waals surface area contributed by atoms with Gasteiger partial charge in [-0.25, -0.2) is 0 Å². The average Bonchev–Trinajstić information content (AvgIpc) is 3.51. The van der Waals surface area contributed by atoms with Crippen molar-refractivity contribution in [2.75, 3.05) is 0 Å². The van der Waals surface area contributed by atoms with Crippen LogP contribution < -0.4 is 0 Å². The van der Waals surface area contributed by atoms with E-state index in [0.29, 0.717) is 0 Å². The van der Waals surface area contributed by atoms with Gasteiger partial charge >= 0.3 is 0 Å². The summed E-state index contributed by atoms with van der Waals surface area (Å²) in [6.07, 6.45) is 7.41. The Bertz CT molecular complexity index is 1590. The lowest BCUT2D eigenvalue weighted by molar-refractivity contribution is 0.622. The van der Waals surface area contributed by atoms with Gasteiger partial charge in [-0.1, -0.05) is 160 Å². The van der Waals surface area contributed by atoms with Crippen molar-refractivity contribution in [2.45, 2.75) is 78.3 Å². The fourth-order valence-corrected chi connectivity index (χ4v) is 16.8. The van der Waals surface area contributed by atoms with Crippen molar-refractivity contribution in [3.05, 3.63) is 129 Å². The summed E-state index contributed by atoms with van der Waals surface area (Å²) in [7, 11) is -2.28. The van der Waals surface area contributed by atoms with E-state index in [1.165, 1.54) is 55.6 Å². The van der Waals surface area contributed by atoms with Gasteiger partial charge in [-0.05, 0) is 81.3 Å². The summed E-state index contributed by atoms with van der Waals surface area (Å²) in [4.78, 5) is 0. The number of fused-ring (bicyclic) bond motifs is 2. The van der Waals surface area contributed by atoms with E-state index >= 15 is 0 Å². The molecule has 0 fully saturated rings. The van der Waals surface area contributed by atoms with Crippen molar-refractivity contribution in [2.24, 2.45) is 0 Å². The molecule has 0 spiro atoms. The minimum Gasteiger partial charge on any atom is -0.0699 e. The van der Waals surface area contributed by atoms with Gasteiger partial charge in [0.05, 0.1) is 0 Å². The molecule has 208 valence electrons. The van der Waals surface area contributed by atoms with Crippen LogP contribution >= 0.6 is 0 Å². The van der Waals surface area contributed by atoms with E-state index in [2.05, 4.69) is 152 Å². The third kappa shape index (κ3) is 4.50. The number of hydrogen-bond acceptors (Lipinski definition) is 0. The first-order valence-corrected chi connectivity index (χ1v) is 17.2. The van der Waals surface area contributed by atoms with E-state index in [0.717, 1.165) is 12.8 Å². The second kappa shape index (κ2) is 9.84. The van der Waals surface area contributed by atoms with Crippen molar-refractivity contribution in [1.82, 2.24) is 0 Å². The summed E-state index contributed by atoms with van der Waals surface area (Å²) in [5, 5.41) is 3.70. The second-order valence-electron chi connectivity index (χ2n) is 14.4. The molecule has 0 aromatic heterocycles. The smallest absolute Gasteiger partial charge is 0.0699 e. The largest absolute Gasteiger partial charge is 0.120 e. The molecular weight excluding hydrogens is 509 g/mol. The molecule has 0 atom stereocenters. The molecule has 2 aliphatic carbocycles. The van der Waals surface area contributed by atoms with Crippen molar-refractivity contribution in [1.29, 1.82) is 0 Å². The minimum atomic E-state index is -2.28. The number of rotatable bonds is 4. The predicted molar refractivity (Wildman–Crippen MR) is 182 cm³/mol. The van der Waals surface area contributed by atoms with Gasteiger partial charge in [0, 0.05) is 0 Å². The van der Waals surface area contributed by atoms with E-state index in [1.807, 2.05) is 0 Å². The van der Waals surface area contributed by atoms with Gasteiger partial charge in [0.15, 0.2) is 0 Å². The molecule has 0 nitrogen and oxygen atoms in total. The minimum absolute atomic E-state index is 0.153. The number of hydrogen-bond donors (Lipinski definition) is 0. The average molecular weight is 553 g/mol. The second-order valence-corrected chi connectivity index (χ2v) is 20.2. The third-order valence-electron chi connectivity index (χ3n) is 9.66. The van der Waals surface area contributed by atoms with Gasteiger partial charge in [-0.15, -0.1) is 0 Å². The molecule has 0 saturated carbocycles. The molecule has 0 aliphatic heterocycles. The van der Waals surface area contributed by atoms with Crippen LogP contribution in [0.3, 0.4) is 0 Å². The Kier molecular flexibility index (Phi) is 6.66. The van der Waals surface area contributed by atoms with E-state index in [-0.39, 0.29) is 10.1 Å². The van der Waals surface area contributed by atoms with Crippen LogP contribution in [0.1, 0.15) is 74.9 Å². The number of aryl methyl sites for hydroxylation is 2. The van der Waals surface area contributed by atoms with Crippen LogP contribution in [0.15, 0.2) is 95.3 Å². The number of allylic oxidation sites excluding steroid dienone is 2. The van der Waals surface area contributed by atoms with Gasteiger partial charge < -0.3 is 0 Å². The Balaban J connectivity index is 1.55. The maximum absolute atomic E-state index is 2.64. The lowest BCUT2D eigenvalue weighted by atomic mass is 9.96. The summed E-state index contributed by atoms with van der Waals surface area (Å²) in [6.45, 7) is 19.6. The van der Waals surface area contributed by atoms with Crippen LogP contribution in [0.25, 0.3) is 34.4 Å². The van der Waals surface area contributed by atoms with Crippen molar-refractivity contribution in [3.8, 4) is 22.3 Å². The quantitative estimate of drug-likeness (QED) is 0.221. The molecule has 0 bridgehead atoms. The topological polar surface area (TPSA) is 0 Å². The molecule has 0 saturated heterocycles. The Morgan fingerprint density at radius 3 is 1.27 bits per heavy atom. The highest BCUT2D eigenvalue weighted by Gasteiger charge is 2.58. The standard InChI is InChI=1S/C40H44Si/c1-27-13-9-15-29(21-27)35-19-11-17-31-23-33(25-37(31)35)41(39(3,4)5,40(6,7)8)34-24-32-18-12-20-36(38(32)26-34)30-16-10-14-28(2)22-30/h9-22,25-26H,23-24H2,1-8H3. The highest BCUT2D eigenvalue weighted by Crippen LogP contribution is 2.62. The zero-order valence-electron chi connectivity index (χ0n) is 26.2. The summed E-state index contributed by atoms with van der Waals surface area (Å²) >= 11 is 0. The summed E-state index contributed by atoms with van der Waals surface area (Å²) in [5.41, 5.74) is 13.9. The van der Waals surface area contributed by atoms with Gasteiger partial charge in [-0.3, -0.25) is 0 Å². The predicted octanol–water partition coefficient (Wildman–Crippen LogP) is 11.3. The first-order chi connectivity index (χ1) is 19.4. The third-order valence-corrected chi connectivity index (χ3v) is 16.7. The lowest BCUT2D eigenvalue weighted by Crippen LogP contribution is -2.56. The molecule has 4 aromatic carbocycles. The fraction of sp³-hybridized carbons (Fsp3) is 0.300. The van der Waals surface area contributed by atoms with Crippen molar-refractivity contribution >= 4 is 20.2 Å². The van der Waals surface area contributed by atoms with Crippen molar-refractivity contribution in [3.63, 3.8) is 0 Å². The SMILES string of the molecule is Cc1cccc(-c2cccc3c2C=C([Si](C2=Cc4c(cccc4-c4cccc(C)c4)C2)(C(C)(C)C)C(C)(C)C)C3)c1. The van der Waals surface area contributed by atoms with Crippen LogP contribution in [0.2, 0.25) is 10.1 Å². The van der Waals surface area contributed by atoms with Crippen LogP contribution in [-0.2, 0) is 12.8 Å². The highest BCUT2D eigenvalue weighted by atomic mass is 28.3. The Morgan fingerprint density at radius 1 is 0.512 bits per heavy atom. The van der Waals surface area contributed by atoms with Crippen LogP contribution in [0, 0.1) is 13.8 Å². The zero-order chi connectivity index (χ0) is 29.2. The molecule has 0 N–H and O–H groups in total.